The predicted molar refractivity (Wildman–Crippen MR) is 133 cm³/mol. The molecular weight excluding hydrogens is 516 g/mol. The van der Waals surface area contributed by atoms with Gasteiger partial charge in [0.1, 0.15) is 5.75 Å². The molecule has 0 atom stereocenters. The first-order valence-electron chi connectivity index (χ1n) is 11.0. The molecule has 0 saturated heterocycles. The van der Waals surface area contributed by atoms with E-state index in [0.29, 0.717) is 33.5 Å². The van der Waals surface area contributed by atoms with Gasteiger partial charge in [-0.25, -0.2) is 0 Å². The number of nitrogens with one attached hydrogen (secondary N) is 1. The van der Waals surface area contributed by atoms with E-state index in [1.807, 2.05) is 0 Å². The number of alkyl halides is 6. The fraction of sp³-hybridized carbons (Fsp3) is 0.143. The molecule has 0 aliphatic rings. The molecule has 0 radical (unpaired) electrons. The Balaban J connectivity index is 1.62. The fourth-order valence-electron chi connectivity index (χ4n) is 3.93. The van der Waals surface area contributed by atoms with Gasteiger partial charge in [0.05, 0.1) is 18.2 Å². The van der Waals surface area contributed by atoms with E-state index in [-0.39, 0.29) is 17.3 Å². The molecule has 0 heterocycles. The van der Waals surface area contributed by atoms with Crippen molar-refractivity contribution in [3.63, 3.8) is 0 Å². The third-order valence-electron chi connectivity index (χ3n) is 5.80. The van der Waals surface area contributed by atoms with Crippen LogP contribution in [0.2, 0.25) is 5.02 Å². The van der Waals surface area contributed by atoms with Crippen LogP contribution < -0.4 is 10.1 Å². The van der Waals surface area contributed by atoms with Gasteiger partial charge in [0.15, 0.2) is 0 Å². The number of anilines is 1. The number of halogens is 7. The minimum Gasteiger partial charge on any atom is -0.496 e. The molecule has 0 unspecified atom stereocenters. The number of methoxy groups -OCH3 is 1. The first-order valence-corrected chi connectivity index (χ1v) is 11.4. The molecule has 0 bridgehead atoms. The monoisotopic (exact) mass is 535 g/mol. The first kappa shape index (κ1) is 26.4. The summed E-state index contributed by atoms with van der Waals surface area (Å²) >= 11 is 6.10. The van der Waals surface area contributed by atoms with Gasteiger partial charge in [0.2, 0.25) is 0 Å². The molecule has 0 saturated carbocycles. The molecule has 0 aliphatic carbocycles. The van der Waals surface area contributed by atoms with E-state index in [1.54, 1.807) is 54.6 Å². The Hall–Kier alpha value is -3.65. The molecule has 192 valence electrons. The van der Waals surface area contributed by atoms with Crippen molar-refractivity contribution in [1.82, 2.24) is 0 Å². The highest BCUT2D eigenvalue weighted by Crippen LogP contribution is 2.40. The quantitative estimate of drug-likeness (QED) is 0.248. The Kier molecular flexibility index (Phi) is 7.41. The standard InChI is InChI=1S/C28H20ClF6NO/c1-37-26-15-20(28(33,34)35)13-23(17-5-3-2-4-6-17)24(26)16-36-21-10-7-18(8-11-21)22-12-9-19(14-25(22)29)27(30,31)32/h2-15,36H,16H2,1H3. The average molecular weight is 536 g/mol. The minimum atomic E-state index is -4.54. The largest absolute Gasteiger partial charge is 0.496 e. The molecule has 0 aliphatic heterocycles. The molecule has 0 fully saturated rings. The number of hydrogen-bond donors (Lipinski definition) is 1. The molecule has 37 heavy (non-hydrogen) atoms. The van der Waals surface area contributed by atoms with Crippen LogP contribution in [-0.4, -0.2) is 7.11 Å². The molecular formula is C28H20ClF6NO. The highest BCUT2D eigenvalue weighted by atomic mass is 35.5. The molecule has 2 nitrogen and oxygen atoms in total. The van der Waals surface area contributed by atoms with Crippen molar-refractivity contribution < 1.29 is 31.1 Å². The van der Waals surface area contributed by atoms with Gasteiger partial charge in [-0.3, -0.25) is 0 Å². The van der Waals surface area contributed by atoms with Crippen molar-refractivity contribution in [3.8, 4) is 28.0 Å². The number of hydrogen-bond acceptors (Lipinski definition) is 2. The zero-order valence-electron chi connectivity index (χ0n) is 19.3. The second-order valence-electron chi connectivity index (χ2n) is 8.19. The predicted octanol–water partition coefficient (Wildman–Crippen LogP) is 9.33. The van der Waals surface area contributed by atoms with Crippen LogP contribution in [0.25, 0.3) is 22.3 Å². The number of ether oxygens (including phenoxy) is 1. The summed E-state index contributed by atoms with van der Waals surface area (Å²) in [5.74, 6) is 0.0920. The van der Waals surface area contributed by atoms with Crippen LogP contribution in [0.3, 0.4) is 0 Å². The van der Waals surface area contributed by atoms with Crippen molar-refractivity contribution in [2.75, 3.05) is 12.4 Å². The Morgan fingerprint density at radius 3 is 1.89 bits per heavy atom. The lowest BCUT2D eigenvalue weighted by Gasteiger charge is -2.19. The Morgan fingerprint density at radius 1 is 0.703 bits per heavy atom. The maximum absolute atomic E-state index is 13.5. The highest BCUT2D eigenvalue weighted by Gasteiger charge is 2.33. The third-order valence-corrected chi connectivity index (χ3v) is 6.12. The van der Waals surface area contributed by atoms with E-state index in [0.717, 1.165) is 24.3 Å². The lowest BCUT2D eigenvalue weighted by molar-refractivity contribution is -0.138. The summed E-state index contributed by atoms with van der Waals surface area (Å²) in [6.07, 6.45) is -9.04. The van der Waals surface area contributed by atoms with Crippen molar-refractivity contribution in [1.29, 1.82) is 0 Å². The van der Waals surface area contributed by atoms with Gasteiger partial charge in [-0.05, 0) is 53.1 Å². The molecule has 0 aromatic heterocycles. The summed E-state index contributed by atoms with van der Waals surface area (Å²) in [7, 11) is 1.32. The highest BCUT2D eigenvalue weighted by molar-refractivity contribution is 6.33. The van der Waals surface area contributed by atoms with Crippen molar-refractivity contribution >= 4 is 17.3 Å². The fourth-order valence-corrected chi connectivity index (χ4v) is 4.22. The van der Waals surface area contributed by atoms with Gasteiger partial charge in [-0.15, -0.1) is 0 Å². The summed E-state index contributed by atoms with van der Waals surface area (Å²) in [6.45, 7) is 0.159. The normalized spacial score (nSPS) is 11.9. The lowest BCUT2D eigenvalue weighted by atomic mass is 9.95. The number of rotatable bonds is 6. The van der Waals surface area contributed by atoms with Crippen LogP contribution in [0.15, 0.2) is 84.9 Å². The smallest absolute Gasteiger partial charge is 0.416 e. The molecule has 0 amide bonds. The van der Waals surface area contributed by atoms with E-state index >= 15 is 0 Å². The Morgan fingerprint density at radius 2 is 1.32 bits per heavy atom. The van der Waals surface area contributed by atoms with Crippen LogP contribution in [0.5, 0.6) is 5.75 Å². The summed E-state index contributed by atoms with van der Waals surface area (Å²) < 4.78 is 84.7. The third kappa shape index (κ3) is 6.02. The second-order valence-corrected chi connectivity index (χ2v) is 8.60. The molecule has 4 aromatic rings. The van der Waals surface area contributed by atoms with E-state index < -0.39 is 23.5 Å². The van der Waals surface area contributed by atoms with E-state index in [4.69, 9.17) is 16.3 Å². The zero-order chi connectivity index (χ0) is 26.8. The van der Waals surface area contributed by atoms with Crippen LogP contribution >= 0.6 is 11.6 Å². The van der Waals surface area contributed by atoms with Crippen LogP contribution in [0.4, 0.5) is 32.0 Å². The van der Waals surface area contributed by atoms with Gasteiger partial charge in [0.25, 0.3) is 0 Å². The second kappa shape index (κ2) is 10.4. The van der Waals surface area contributed by atoms with Crippen LogP contribution in [-0.2, 0) is 18.9 Å². The molecule has 1 N–H and O–H groups in total. The summed E-state index contributed by atoms with van der Waals surface area (Å²) in [5, 5.41) is 3.15. The van der Waals surface area contributed by atoms with Crippen molar-refractivity contribution in [2.24, 2.45) is 0 Å². The Bertz CT molecular complexity index is 1380. The summed E-state index contributed by atoms with van der Waals surface area (Å²) in [5.41, 5.74) is 1.58. The van der Waals surface area contributed by atoms with Gasteiger partial charge >= 0.3 is 12.4 Å². The van der Waals surface area contributed by atoms with E-state index in [9.17, 15) is 26.3 Å². The van der Waals surface area contributed by atoms with Gasteiger partial charge in [-0.1, -0.05) is 60.1 Å². The maximum atomic E-state index is 13.5. The SMILES string of the molecule is COc1cc(C(F)(F)F)cc(-c2ccccc2)c1CNc1ccc(-c2ccc(C(F)(F)F)cc2Cl)cc1. The van der Waals surface area contributed by atoms with E-state index in [1.165, 1.54) is 13.2 Å². The summed E-state index contributed by atoms with van der Waals surface area (Å²) in [6, 6.07) is 20.7. The van der Waals surface area contributed by atoms with Crippen molar-refractivity contribution in [2.45, 2.75) is 18.9 Å². The number of benzene rings is 4. The van der Waals surface area contributed by atoms with E-state index in [2.05, 4.69) is 5.32 Å². The minimum absolute atomic E-state index is 0.0301. The molecule has 4 aromatic carbocycles. The van der Waals surface area contributed by atoms with Crippen LogP contribution in [0.1, 0.15) is 16.7 Å². The molecule has 4 rings (SSSR count). The van der Waals surface area contributed by atoms with Crippen LogP contribution in [0, 0.1) is 0 Å². The van der Waals surface area contributed by atoms with Gasteiger partial charge in [0, 0.05) is 28.4 Å². The first-order chi connectivity index (χ1) is 17.5. The average Bonchev–Trinajstić information content (AvgIpc) is 2.86. The van der Waals surface area contributed by atoms with Gasteiger partial charge < -0.3 is 10.1 Å². The maximum Gasteiger partial charge on any atom is 0.416 e. The molecule has 0 spiro atoms. The topological polar surface area (TPSA) is 21.3 Å². The molecule has 9 heteroatoms. The van der Waals surface area contributed by atoms with Crippen molar-refractivity contribution in [3.05, 3.63) is 107 Å². The van der Waals surface area contributed by atoms with Gasteiger partial charge in [-0.2, -0.15) is 26.3 Å². The Labute approximate surface area is 214 Å². The zero-order valence-corrected chi connectivity index (χ0v) is 20.1. The lowest BCUT2D eigenvalue weighted by Crippen LogP contribution is -2.09. The summed E-state index contributed by atoms with van der Waals surface area (Å²) in [4.78, 5) is 0.